The molecule has 0 saturated carbocycles. The summed E-state index contributed by atoms with van der Waals surface area (Å²) in [7, 11) is -3.38. The van der Waals surface area contributed by atoms with Crippen LogP contribution in [0.3, 0.4) is 0 Å². The number of morpholine rings is 1. The van der Waals surface area contributed by atoms with Gasteiger partial charge in [-0.1, -0.05) is 6.07 Å². The van der Waals surface area contributed by atoms with Crippen LogP contribution in [0.5, 0.6) is 0 Å². The first-order chi connectivity index (χ1) is 9.00. The molecule has 2 saturated heterocycles. The maximum absolute atomic E-state index is 12.8. The van der Waals surface area contributed by atoms with E-state index in [2.05, 4.69) is 0 Å². The molecule has 0 radical (unpaired) electrons. The van der Waals surface area contributed by atoms with E-state index in [1.54, 1.807) is 16.4 Å². The van der Waals surface area contributed by atoms with Gasteiger partial charge in [0, 0.05) is 12.1 Å². The second-order valence-corrected chi connectivity index (χ2v) is 7.35. The molecule has 1 aromatic carbocycles. The predicted molar refractivity (Wildman–Crippen MR) is 72.6 cm³/mol. The number of nitrogens with zero attached hydrogens (tertiary/aromatic N) is 1. The topological polar surface area (TPSA) is 46.6 Å². The summed E-state index contributed by atoms with van der Waals surface area (Å²) < 4.78 is 32.7. The van der Waals surface area contributed by atoms with Gasteiger partial charge in [0.25, 0.3) is 0 Å². The Balaban J connectivity index is 2.00. The van der Waals surface area contributed by atoms with Gasteiger partial charge in [0.1, 0.15) is 0 Å². The van der Waals surface area contributed by atoms with Gasteiger partial charge in [-0.25, -0.2) is 8.42 Å². The fourth-order valence-corrected chi connectivity index (χ4v) is 4.91. The van der Waals surface area contributed by atoms with Crippen molar-refractivity contribution in [1.29, 1.82) is 0 Å². The molecule has 0 N–H and O–H groups in total. The first-order valence-corrected chi connectivity index (χ1v) is 8.12. The number of hydrogen-bond acceptors (Lipinski definition) is 3. The van der Waals surface area contributed by atoms with Gasteiger partial charge in [0.05, 0.1) is 18.1 Å². The number of benzene rings is 1. The molecule has 0 aromatic heterocycles. The van der Waals surface area contributed by atoms with Crippen LogP contribution >= 0.6 is 0 Å². The summed E-state index contributed by atoms with van der Waals surface area (Å²) in [5.41, 5.74) is 2.13. The molecule has 19 heavy (non-hydrogen) atoms. The van der Waals surface area contributed by atoms with E-state index in [1.165, 1.54) is 0 Å². The summed E-state index contributed by atoms with van der Waals surface area (Å²) in [6, 6.07) is 5.41. The third-order valence-electron chi connectivity index (χ3n) is 4.23. The molecule has 0 spiro atoms. The lowest BCUT2D eigenvalue weighted by atomic mass is 10.1. The number of rotatable bonds is 2. The molecule has 3 rings (SSSR count). The first kappa shape index (κ1) is 13.1. The van der Waals surface area contributed by atoms with Gasteiger partial charge in [-0.2, -0.15) is 4.31 Å². The Bertz CT molecular complexity index is 581. The highest BCUT2D eigenvalue weighted by Gasteiger charge is 2.45. The van der Waals surface area contributed by atoms with E-state index in [-0.39, 0.29) is 12.1 Å². The molecule has 2 atom stereocenters. The third kappa shape index (κ3) is 2.10. The lowest BCUT2D eigenvalue weighted by Gasteiger charge is -2.33. The quantitative estimate of drug-likeness (QED) is 0.831. The Kier molecular flexibility index (Phi) is 3.15. The summed E-state index contributed by atoms with van der Waals surface area (Å²) >= 11 is 0. The standard InChI is InChI=1S/C14H19NO3S/c1-10-3-6-14(7-11(10)2)19(16,17)15-12-4-5-13(15)9-18-8-12/h3,6-7,12-13H,4-5,8-9H2,1-2H3. The number of ether oxygens (including phenoxy) is 1. The van der Waals surface area contributed by atoms with E-state index in [0.717, 1.165) is 24.0 Å². The second kappa shape index (κ2) is 4.58. The Labute approximate surface area is 114 Å². The van der Waals surface area contributed by atoms with Crippen LogP contribution in [0.4, 0.5) is 0 Å². The van der Waals surface area contributed by atoms with Crippen LogP contribution in [0.1, 0.15) is 24.0 Å². The Morgan fingerprint density at radius 3 is 2.32 bits per heavy atom. The number of hydrogen-bond donors (Lipinski definition) is 0. The Morgan fingerprint density at radius 2 is 1.74 bits per heavy atom. The van der Waals surface area contributed by atoms with E-state index >= 15 is 0 Å². The summed E-state index contributed by atoms with van der Waals surface area (Å²) in [6.07, 6.45) is 1.82. The van der Waals surface area contributed by atoms with Gasteiger partial charge >= 0.3 is 0 Å². The first-order valence-electron chi connectivity index (χ1n) is 6.68. The predicted octanol–water partition coefficient (Wildman–Crippen LogP) is 1.86. The number of fused-ring (bicyclic) bond motifs is 2. The Morgan fingerprint density at radius 1 is 1.11 bits per heavy atom. The normalized spacial score (nSPS) is 27.7. The van der Waals surface area contributed by atoms with Gasteiger partial charge in [-0.05, 0) is 49.9 Å². The average molecular weight is 281 g/mol. The van der Waals surface area contributed by atoms with Crippen LogP contribution in [0, 0.1) is 13.8 Å². The van der Waals surface area contributed by atoms with E-state index in [0.29, 0.717) is 18.1 Å². The minimum absolute atomic E-state index is 0.0189. The largest absolute Gasteiger partial charge is 0.378 e. The molecule has 0 aliphatic carbocycles. The van der Waals surface area contributed by atoms with Gasteiger partial charge in [-0.3, -0.25) is 0 Å². The fraction of sp³-hybridized carbons (Fsp3) is 0.571. The lowest BCUT2D eigenvalue weighted by Crippen LogP contribution is -2.48. The van der Waals surface area contributed by atoms with Crippen LogP contribution in [-0.4, -0.2) is 38.0 Å². The van der Waals surface area contributed by atoms with Crippen molar-refractivity contribution >= 4 is 10.0 Å². The number of sulfonamides is 1. The van der Waals surface area contributed by atoms with Crippen LogP contribution in [0.15, 0.2) is 23.1 Å². The molecule has 5 heteroatoms. The van der Waals surface area contributed by atoms with Crippen molar-refractivity contribution in [2.45, 2.75) is 43.7 Å². The minimum atomic E-state index is -3.38. The second-order valence-electron chi connectivity index (χ2n) is 5.50. The van der Waals surface area contributed by atoms with Crippen molar-refractivity contribution < 1.29 is 13.2 Å². The van der Waals surface area contributed by atoms with E-state index < -0.39 is 10.0 Å². The Hall–Kier alpha value is -0.910. The maximum Gasteiger partial charge on any atom is 0.243 e. The average Bonchev–Trinajstić information content (AvgIpc) is 2.64. The molecule has 2 aliphatic heterocycles. The highest BCUT2D eigenvalue weighted by Crippen LogP contribution is 2.34. The molecule has 1 aromatic rings. The summed E-state index contributed by atoms with van der Waals surface area (Å²) in [6.45, 7) is 4.99. The van der Waals surface area contributed by atoms with Crippen LogP contribution in [-0.2, 0) is 14.8 Å². The van der Waals surface area contributed by atoms with Crippen LogP contribution in [0.25, 0.3) is 0 Å². The maximum atomic E-state index is 12.8. The highest BCUT2D eigenvalue weighted by atomic mass is 32.2. The zero-order chi connectivity index (χ0) is 13.6. The summed E-state index contributed by atoms with van der Waals surface area (Å²) in [4.78, 5) is 0.411. The van der Waals surface area contributed by atoms with Gasteiger partial charge in [-0.15, -0.1) is 0 Å². The van der Waals surface area contributed by atoms with Crippen molar-refractivity contribution in [3.8, 4) is 0 Å². The molecule has 2 unspecified atom stereocenters. The zero-order valence-corrected chi connectivity index (χ0v) is 12.1. The van der Waals surface area contributed by atoms with Crippen molar-refractivity contribution in [2.75, 3.05) is 13.2 Å². The summed E-state index contributed by atoms with van der Waals surface area (Å²) in [5.74, 6) is 0. The van der Waals surface area contributed by atoms with E-state index in [4.69, 9.17) is 4.74 Å². The SMILES string of the molecule is Cc1ccc(S(=O)(=O)N2C3CCC2COC3)cc1C. The van der Waals surface area contributed by atoms with Crippen molar-refractivity contribution in [3.63, 3.8) is 0 Å². The van der Waals surface area contributed by atoms with Gasteiger partial charge in [0.2, 0.25) is 10.0 Å². The van der Waals surface area contributed by atoms with E-state index in [9.17, 15) is 8.42 Å². The highest BCUT2D eigenvalue weighted by molar-refractivity contribution is 7.89. The molecule has 2 fully saturated rings. The molecular formula is C14H19NO3S. The molecule has 0 amide bonds. The minimum Gasteiger partial charge on any atom is -0.378 e. The zero-order valence-electron chi connectivity index (χ0n) is 11.3. The summed E-state index contributed by atoms with van der Waals surface area (Å²) in [5, 5.41) is 0. The monoisotopic (exact) mass is 281 g/mol. The lowest BCUT2D eigenvalue weighted by molar-refractivity contribution is 0.0269. The van der Waals surface area contributed by atoms with Crippen molar-refractivity contribution in [2.24, 2.45) is 0 Å². The molecule has 2 aliphatic rings. The molecule has 104 valence electrons. The van der Waals surface area contributed by atoms with Gasteiger partial charge < -0.3 is 4.74 Å². The van der Waals surface area contributed by atoms with Crippen LogP contribution in [0.2, 0.25) is 0 Å². The smallest absolute Gasteiger partial charge is 0.243 e. The van der Waals surface area contributed by atoms with Crippen molar-refractivity contribution in [3.05, 3.63) is 29.3 Å². The molecular weight excluding hydrogens is 262 g/mol. The fourth-order valence-electron chi connectivity index (χ4n) is 2.98. The van der Waals surface area contributed by atoms with E-state index in [1.807, 2.05) is 19.9 Å². The third-order valence-corrected chi connectivity index (χ3v) is 6.23. The number of aryl methyl sites for hydroxylation is 2. The van der Waals surface area contributed by atoms with Gasteiger partial charge in [0.15, 0.2) is 0 Å². The van der Waals surface area contributed by atoms with Crippen LogP contribution < -0.4 is 0 Å². The van der Waals surface area contributed by atoms with Crippen molar-refractivity contribution in [1.82, 2.24) is 4.31 Å². The molecule has 4 nitrogen and oxygen atoms in total. The molecule has 2 bridgehead atoms. The molecule has 2 heterocycles.